The van der Waals surface area contributed by atoms with Gasteiger partial charge in [-0.1, -0.05) is 36.4 Å². The third-order valence-corrected chi connectivity index (χ3v) is 5.09. The van der Waals surface area contributed by atoms with Gasteiger partial charge in [-0.05, 0) is 36.2 Å². The van der Waals surface area contributed by atoms with Gasteiger partial charge in [-0.25, -0.2) is 0 Å². The monoisotopic (exact) mass is 374 g/mol. The molecular weight excluding hydrogens is 352 g/mol. The topological polar surface area (TPSA) is 62.7 Å². The Morgan fingerprint density at radius 1 is 1.14 bits per heavy atom. The maximum absolute atomic E-state index is 13.1. The van der Waals surface area contributed by atoms with Crippen LogP contribution in [0, 0.1) is 0 Å². The molecule has 0 radical (unpaired) electrons. The first-order valence-electron chi connectivity index (χ1n) is 9.36. The van der Waals surface area contributed by atoms with Crippen LogP contribution in [0.5, 0.6) is 11.5 Å². The Morgan fingerprint density at radius 2 is 1.96 bits per heavy atom. The van der Waals surface area contributed by atoms with Gasteiger partial charge < -0.3 is 14.7 Å². The maximum Gasteiger partial charge on any atom is 0.230 e. The van der Waals surface area contributed by atoms with Crippen molar-refractivity contribution in [1.29, 1.82) is 0 Å². The van der Waals surface area contributed by atoms with Gasteiger partial charge >= 0.3 is 0 Å². The number of rotatable bonds is 3. The molecule has 1 unspecified atom stereocenters. The van der Waals surface area contributed by atoms with Gasteiger partial charge in [-0.2, -0.15) is 0 Å². The van der Waals surface area contributed by atoms with Crippen molar-refractivity contribution < 1.29 is 14.6 Å². The van der Waals surface area contributed by atoms with Crippen LogP contribution in [-0.2, 0) is 11.3 Å². The maximum atomic E-state index is 13.1. The fraction of sp³-hybridized carbons (Fsp3) is 0.217. The third kappa shape index (κ3) is 3.56. The lowest BCUT2D eigenvalue weighted by Gasteiger charge is -2.24. The first-order chi connectivity index (χ1) is 13.6. The molecule has 142 valence electrons. The molecule has 1 aromatic heterocycles. The Balaban J connectivity index is 1.64. The van der Waals surface area contributed by atoms with E-state index in [0.29, 0.717) is 25.4 Å². The molecule has 2 aromatic carbocycles. The number of phenols is 1. The smallest absolute Gasteiger partial charge is 0.230 e. The van der Waals surface area contributed by atoms with Crippen molar-refractivity contribution in [2.45, 2.75) is 19.4 Å². The Labute approximate surface area is 164 Å². The number of ether oxygens (including phenoxy) is 1. The minimum Gasteiger partial charge on any atom is -0.504 e. The van der Waals surface area contributed by atoms with Gasteiger partial charge in [0.05, 0.1) is 12.5 Å². The van der Waals surface area contributed by atoms with Crippen molar-refractivity contribution in [2.24, 2.45) is 0 Å². The van der Waals surface area contributed by atoms with E-state index in [1.54, 1.807) is 23.4 Å². The summed E-state index contributed by atoms with van der Waals surface area (Å²) in [6, 6.07) is 17.2. The van der Waals surface area contributed by atoms with E-state index in [1.807, 2.05) is 55.5 Å². The van der Waals surface area contributed by atoms with Gasteiger partial charge in [0.25, 0.3) is 0 Å². The van der Waals surface area contributed by atoms with Crippen LogP contribution in [0.1, 0.15) is 24.0 Å². The summed E-state index contributed by atoms with van der Waals surface area (Å²) >= 11 is 0. The minimum atomic E-state index is -0.238. The molecule has 2 heterocycles. The second-order valence-corrected chi connectivity index (χ2v) is 6.97. The molecule has 5 heteroatoms. The zero-order valence-corrected chi connectivity index (χ0v) is 15.7. The number of aromatic nitrogens is 1. The predicted molar refractivity (Wildman–Crippen MR) is 107 cm³/mol. The molecule has 1 N–H and O–H groups in total. The molecule has 0 aliphatic carbocycles. The molecule has 0 saturated carbocycles. The number of fused-ring (bicyclic) bond motifs is 1. The van der Waals surface area contributed by atoms with E-state index >= 15 is 0 Å². The number of benzene rings is 2. The van der Waals surface area contributed by atoms with E-state index < -0.39 is 0 Å². The zero-order valence-electron chi connectivity index (χ0n) is 15.7. The van der Waals surface area contributed by atoms with Crippen molar-refractivity contribution in [2.75, 3.05) is 13.2 Å². The normalized spacial score (nSPS) is 14.5. The number of aromatic hydroxyl groups is 1. The molecule has 1 aliphatic heterocycles. The molecule has 4 rings (SSSR count). The van der Waals surface area contributed by atoms with Crippen molar-refractivity contribution in [3.05, 3.63) is 78.1 Å². The summed E-state index contributed by atoms with van der Waals surface area (Å²) in [5.74, 6) is 0.351. The largest absolute Gasteiger partial charge is 0.504 e. The van der Waals surface area contributed by atoms with Gasteiger partial charge in [0.2, 0.25) is 5.91 Å². The molecule has 28 heavy (non-hydrogen) atoms. The fourth-order valence-electron chi connectivity index (χ4n) is 3.55. The SMILES string of the molecule is CC(C(=O)N1CCOc2c(O)cc(-c3cccnc3)cc2C1)c1ccccc1. The Morgan fingerprint density at radius 3 is 2.71 bits per heavy atom. The Kier molecular flexibility index (Phi) is 4.98. The molecule has 0 fully saturated rings. The number of hydrogen-bond donors (Lipinski definition) is 1. The average Bonchev–Trinajstić information content (AvgIpc) is 2.97. The first-order valence-corrected chi connectivity index (χ1v) is 9.36. The number of pyridine rings is 1. The van der Waals surface area contributed by atoms with Crippen LogP contribution in [0.15, 0.2) is 67.0 Å². The van der Waals surface area contributed by atoms with Crippen molar-refractivity contribution in [1.82, 2.24) is 9.88 Å². The molecule has 0 spiro atoms. The van der Waals surface area contributed by atoms with Crippen molar-refractivity contribution in [3.63, 3.8) is 0 Å². The summed E-state index contributed by atoms with van der Waals surface area (Å²) in [4.78, 5) is 19.0. The van der Waals surface area contributed by atoms with E-state index in [4.69, 9.17) is 4.74 Å². The standard InChI is InChI=1S/C23H22N2O3/c1-16(17-6-3-2-4-7-17)23(27)25-10-11-28-22-20(15-25)12-19(13-21(22)26)18-8-5-9-24-14-18/h2-9,12-14,16,26H,10-11,15H2,1H3. The molecule has 1 atom stereocenters. The van der Waals surface area contributed by atoms with Crippen LogP contribution in [-0.4, -0.2) is 34.0 Å². The van der Waals surface area contributed by atoms with Crippen LogP contribution < -0.4 is 4.74 Å². The van der Waals surface area contributed by atoms with E-state index in [-0.39, 0.29) is 17.6 Å². The summed E-state index contributed by atoms with van der Waals surface area (Å²) in [6.07, 6.45) is 3.46. The zero-order chi connectivity index (χ0) is 19.5. The lowest BCUT2D eigenvalue weighted by Crippen LogP contribution is -2.35. The highest BCUT2D eigenvalue weighted by atomic mass is 16.5. The average molecular weight is 374 g/mol. The number of hydrogen-bond acceptors (Lipinski definition) is 4. The summed E-state index contributed by atoms with van der Waals surface area (Å²) < 4.78 is 5.78. The summed E-state index contributed by atoms with van der Waals surface area (Å²) in [5, 5.41) is 10.5. The molecule has 1 aliphatic rings. The highest BCUT2D eigenvalue weighted by Crippen LogP contribution is 2.37. The van der Waals surface area contributed by atoms with Crippen LogP contribution in [0.25, 0.3) is 11.1 Å². The fourth-order valence-corrected chi connectivity index (χ4v) is 3.55. The van der Waals surface area contributed by atoms with Gasteiger partial charge in [0.1, 0.15) is 6.61 Å². The Bertz CT molecular complexity index is 974. The molecule has 0 saturated heterocycles. The van der Waals surface area contributed by atoms with Crippen LogP contribution in [0.2, 0.25) is 0 Å². The second kappa shape index (κ2) is 7.72. The molecule has 5 nitrogen and oxygen atoms in total. The lowest BCUT2D eigenvalue weighted by molar-refractivity contribution is -0.133. The third-order valence-electron chi connectivity index (χ3n) is 5.09. The molecule has 0 bridgehead atoms. The van der Waals surface area contributed by atoms with Gasteiger partial charge in [-0.15, -0.1) is 0 Å². The molecular formula is C23H22N2O3. The van der Waals surface area contributed by atoms with E-state index in [9.17, 15) is 9.90 Å². The van der Waals surface area contributed by atoms with Crippen molar-refractivity contribution >= 4 is 5.91 Å². The number of amides is 1. The summed E-state index contributed by atoms with van der Waals surface area (Å²) in [7, 11) is 0. The van der Waals surface area contributed by atoms with Gasteiger partial charge in [-0.3, -0.25) is 9.78 Å². The quantitative estimate of drug-likeness (QED) is 0.753. The Hall–Kier alpha value is -3.34. The highest BCUT2D eigenvalue weighted by Gasteiger charge is 2.26. The second-order valence-electron chi connectivity index (χ2n) is 6.97. The number of carbonyl (C=O) groups excluding carboxylic acids is 1. The van der Waals surface area contributed by atoms with Crippen molar-refractivity contribution in [3.8, 4) is 22.6 Å². The van der Waals surface area contributed by atoms with E-state index in [0.717, 1.165) is 22.3 Å². The van der Waals surface area contributed by atoms with Gasteiger partial charge in [0, 0.05) is 30.1 Å². The van der Waals surface area contributed by atoms with Crippen LogP contribution in [0.4, 0.5) is 0 Å². The molecule has 1 amide bonds. The lowest BCUT2D eigenvalue weighted by atomic mass is 9.99. The number of nitrogens with zero attached hydrogens (tertiary/aromatic N) is 2. The van der Waals surface area contributed by atoms with Crippen LogP contribution in [0.3, 0.4) is 0 Å². The minimum absolute atomic E-state index is 0.0499. The number of carbonyl (C=O) groups is 1. The predicted octanol–water partition coefficient (Wildman–Crippen LogP) is 3.98. The molecule has 3 aromatic rings. The summed E-state index contributed by atoms with van der Waals surface area (Å²) in [6.45, 7) is 3.15. The first kappa shape index (κ1) is 18.0. The number of phenolic OH excluding ortho intramolecular Hbond substituents is 1. The van der Waals surface area contributed by atoms with E-state index in [1.165, 1.54) is 0 Å². The van der Waals surface area contributed by atoms with Gasteiger partial charge in [0.15, 0.2) is 11.5 Å². The highest BCUT2D eigenvalue weighted by molar-refractivity contribution is 5.83. The summed E-state index contributed by atoms with van der Waals surface area (Å²) in [5.41, 5.74) is 3.54. The van der Waals surface area contributed by atoms with Crippen LogP contribution >= 0.6 is 0 Å². The van der Waals surface area contributed by atoms with E-state index in [2.05, 4.69) is 4.98 Å².